The minimum Gasteiger partial charge on any atom is -0.489 e. The highest BCUT2D eigenvalue weighted by Crippen LogP contribution is 2.45. The first-order chi connectivity index (χ1) is 15.6. The van der Waals surface area contributed by atoms with E-state index in [-0.39, 0.29) is 11.7 Å². The molecule has 0 aromatic heterocycles. The topological polar surface area (TPSA) is 38.8 Å². The summed E-state index contributed by atoms with van der Waals surface area (Å²) < 4.78 is 26.7. The fourth-order valence-corrected chi connectivity index (χ4v) is 4.73. The molecule has 4 rings (SSSR count). The van der Waals surface area contributed by atoms with Gasteiger partial charge in [0.05, 0.1) is 5.56 Å². The van der Waals surface area contributed by atoms with Crippen LogP contribution in [0.15, 0.2) is 30.3 Å². The van der Waals surface area contributed by atoms with Gasteiger partial charge in [0.25, 0.3) is 0 Å². The molecule has 2 aromatic carbocycles. The molecule has 2 aromatic rings. The van der Waals surface area contributed by atoms with Gasteiger partial charge >= 0.3 is 5.97 Å². The number of piperidine rings is 1. The lowest BCUT2D eigenvalue weighted by Crippen LogP contribution is -2.40. The summed E-state index contributed by atoms with van der Waals surface area (Å²) in [4.78, 5) is 14.8. The number of carbonyl (C=O) groups excluding carboxylic acids is 1. The molecule has 1 aliphatic heterocycles. The summed E-state index contributed by atoms with van der Waals surface area (Å²) in [6.45, 7) is 7.57. The molecule has 1 saturated carbocycles. The predicted octanol–water partition coefficient (Wildman–Crippen LogP) is 7.01. The van der Waals surface area contributed by atoms with Crippen molar-refractivity contribution in [3.63, 3.8) is 0 Å². The Bertz CT molecular complexity index is 1010. The maximum absolute atomic E-state index is 14.9. The zero-order chi connectivity index (χ0) is 23.8. The third-order valence-corrected chi connectivity index (χ3v) is 6.64. The van der Waals surface area contributed by atoms with E-state index in [0.29, 0.717) is 34.8 Å². The Labute approximate surface area is 205 Å². The maximum Gasteiger partial charge on any atom is 0.341 e. The average molecular weight is 494 g/mol. The van der Waals surface area contributed by atoms with Crippen LogP contribution >= 0.6 is 23.2 Å². The van der Waals surface area contributed by atoms with Crippen molar-refractivity contribution in [2.45, 2.75) is 70.6 Å². The molecule has 1 unspecified atom stereocenters. The first-order valence-electron chi connectivity index (χ1n) is 11.5. The van der Waals surface area contributed by atoms with Crippen molar-refractivity contribution < 1.29 is 18.7 Å². The number of esters is 1. The number of benzene rings is 2. The van der Waals surface area contributed by atoms with Gasteiger partial charge in [-0.05, 0) is 82.7 Å². The molecule has 178 valence electrons. The maximum atomic E-state index is 14.9. The predicted molar refractivity (Wildman–Crippen MR) is 129 cm³/mol. The van der Waals surface area contributed by atoms with Crippen LogP contribution in [-0.4, -0.2) is 35.7 Å². The van der Waals surface area contributed by atoms with E-state index in [1.54, 1.807) is 26.8 Å². The van der Waals surface area contributed by atoms with Crippen LogP contribution in [0.5, 0.6) is 5.75 Å². The lowest BCUT2D eigenvalue weighted by molar-refractivity contribution is 0.00644. The second-order valence-electron chi connectivity index (χ2n) is 9.96. The van der Waals surface area contributed by atoms with E-state index in [9.17, 15) is 9.18 Å². The third-order valence-electron chi connectivity index (χ3n) is 5.93. The molecular weight excluding hydrogens is 464 g/mol. The number of carbonyl (C=O) groups is 1. The van der Waals surface area contributed by atoms with Crippen LogP contribution in [0.3, 0.4) is 0 Å². The number of likely N-dealkylation sites (tertiary alicyclic amines) is 1. The van der Waals surface area contributed by atoms with Gasteiger partial charge in [-0.3, -0.25) is 4.90 Å². The van der Waals surface area contributed by atoms with Crippen molar-refractivity contribution >= 4 is 29.2 Å². The molecule has 2 aliphatic rings. The largest absolute Gasteiger partial charge is 0.489 e. The molecule has 0 radical (unpaired) electrons. The Morgan fingerprint density at radius 2 is 1.85 bits per heavy atom. The molecule has 1 heterocycles. The van der Waals surface area contributed by atoms with Crippen LogP contribution in [0.25, 0.3) is 0 Å². The summed E-state index contributed by atoms with van der Waals surface area (Å²) in [6, 6.07) is 8.51. The third kappa shape index (κ3) is 6.20. The highest BCUT2D eigenvalue weighted by atomic mass is 35.5. The molecular formula is C26H30Cl2FNO3. The SMILES string of the molecule is CC(C)(C)OC(=O)c1cc(C2CC2)c(OC2CCCN(Cc3c(Cl)cccc3Cl)C2)cc1F. The van der Waals surface area contributed by atoms with Gasteiger partial charge in [-0.15, -0.1) is 0 Å². The summed E-state index contributed by atoms with van der Waals surface area (Å²) in [6.07, 6.45) is 3.79. The lowest BCUT2D eigenvalue weighted by atomic mass is 10.0. The second kappa shape index (κ2) is 9.81. The van der Waals surface area contributed by atoms with Crippen LogP contribution in [0.2, 0.25) is 10.0 Å². The zero-order valence-corrected chi connectivity index (χ0v) is 20.8. The molecule has 0 amide bonds. The molecule has 2 fully saturated rings. The summed E-state index contributed by atoms with van der Waals surface area (Å²) in [5.41, 5.74) is 1.09. The monoisotopic (exact) mass is 493 g/mol. The first-order valence-corrected chi connectivity index (χ1v) is 12.2. The summed E-state index contributed by atoms with van der Waals surface area (Å²) in [7, 11) is 0. The minimum atomic E-state index is -0.686. The average Bonchev–Trinajstić information content (AvgIpc) is 3.55. The Hall–Kier alpha value is -1.82. The van der Waals surface area contributed by atoms with E-state index in [4.69, 9.17) is 32.7 Å². The van der Waals surface area contributed by atoms with Gasteiger partial charge in [0.2, 0.25) is 0 Å². The quantitative estimate of drug-likeness (QED) is 0.405. The zero-order valence-electron chi connectivity index (χ0n) is 19.3. The lowest BCUT2D eigenvalue weighted by Gasteiger charge is -2.33. The minimum absolute atomic E-state index is 0.0298. The molecule has 1 saturated heterocycles. The Morgan fingerprint density at radius 1 is 1.15 bits per heavy atom. The highest BCUT2D eigenvalue weighted by molar-refractivity contribution is 6.35. The van der Waals surface area contributed by atoms with Crippen molar-refractivity contribution in [1.29, 1.82) is 0 Å². The van der Waals surface area contributed by atoms with E-state index in [1.165, 1.54) is 6.07 Å². The van der Waals surface area contributed by atoms with E-state index in [1.807, 2.05) is 18.2 Å². The first kappa shape index (κ1) is 24.3. The van der Waals surface area contributed by atoms with Crippen molar-refractivity contribution in [2.24, 2.45) is 0 Å². The number of halogens is 3. The Balaban J connectivity index is 1.50. The van der Waals surface area contributed by atoms with E-state index in [2.05, 4.69) is 4.90 Å². The van der Waals surface area contributed by atoms with Crippen LogP contribution in [0.4, 0.5) is 4.39 Å². The van der Waals surface area contributed by atoms with Crippen LogP contribution in [-0.2, 0) is 11.3 Å². The van der Waals surface area contributed by atoms with E-state index < -0.39 is 17.4 Å². The summed E-state index contributed by atoms with van der Waals surface area (Å²) in [5, 5.41) is 1.31. The van der Waals surface area contributed by atoms with Gasteiger partial charge < -0.3 is 9.47 Å². The van der Waals surface area contributed by atoms with Crippen LogP contribution in [0, 0.1) is 5.82 Å². The number of ether oxygens (including phenoxy) is 2. The molecule has 33 heavy (non-hydrogen) atoms. The smallest absolute Gasteiger partial charge is 0.341 e. The Morgan fingerprint density at radius 3 is 2.48 bits per heavy atom. The Kier molecular flexibility index (Phi) is 7.23. The standard InChI is InChI=1S/C26H30Cl2FNO3/c1-26(2,3)33-25(31)19-12-18(16-9-10-16)24(13-23(19)29)32-17-6-5-11-30(14-17)15-20-21(27)7-4-8-22(20)28/h4,7-8,12-13,16-17H,5-6,9-11,14-15H2,1-3H3. The van der Waals surface area contributed by atoms with Gasteiger partial charge in [0, 0.05) is 34.8 Å². The molecule has 0 spiro atoms. The number of nitrogens with zero attached hydrogens (tertiary/aromatic N) is 1. The molecule has 7 heteroatoms. The van der Waals surface area contributed by atoms with Gasteiger partial charge in [0.15, 0.2) is 0 Å². The molecule has 0 bridgehead atoms. The van der Waals surface area contributed by atoms with Crippen molar-refractivity contribution in [3.05, 3.63) is 62.9 Å². The fraction of sp³-hybridized carbons (Fsp3) is 0.500. The molecule has 0 N–H and O–H groups in total. The number of hydrogen-bond acceptors (Lipinski definition) is 4. The van der Waals surface area contributed by atoms with E-state index >= 15 is 0 Å². The highest BCUT2D eigenvalue weighted by Gasteiger charge is 2.32. The van der Waals surface area contributed by atoms with Gasteiger partial charge in [0.1, 0.15) is 23.3 Å². The van der Waals surface area contributed by atoms with Crippen molar-refractivity contribution in [3.8, 4) is 5.75 Å². The van der Waals surface area contributed by atoms with Crippen molar-refractivity contribution in [1.82, 2.24) is 4.90 Å². The van der Waals surface area contributed by atoms with E-state index in [0.717, 1.165) is 43.4 Å². The van der Waals surface area contributed by atoms with Crippen LogP contribution < -0.4 is 4.74 Å². The number of rotatable bonds is 6. The second-order valence-corrected chi connectivity index (χ2v) is 10.8. The van der Waals surface area contributed by atoms with Gasteiger partial charge in [-0.25, -0.2) is 9.18 Å². The summed E-state index contributed by atoms with van der Waals surface area (Å²) >= 11 is 12.7. The van der Waals surface area contributed by atoms with Crippen molar-refractivity contribution in [2.75, 3.05) is 13.1 Å². The van der Waals surface area contributed by atoms with Crippen LogP contribution in [0.1, 0.15) is 73.9 Å². The number of hydrogen-bond donors (Lipinski definition) is 0. The van der Waals surface area contributed by atoms with Gasteiger partial charge in [-0.1, -0.05) is 29.3 Å². The summed E-state index contributed by atoms with van der Waals surface area (Å²) in [5.74, 6) is -0.429. The van der Waals surface area contributed by atoms with Gasteiger partial charge in [-0.2, -0.15) is 0 Å². The molecule has 4 nitrogen and oxygen atoms in total. The fourth-order valence-electron chi connectivity index (χ4n) is 4.22. The normalized spacial score (nSPS) is 19.4. The molecule has 1 atom stereocenters. The molecule has 1 aliphatic carbocycles.